The lowest BCUT2D eigenvalue weighted by Crippen LogP contribution is -2.51. The van der Waals surface area contributed by atoms with E-state index in [1.54, 1.807) is 0 Å². The largest absolute Gasteiger partial charge is 0.340 e. The fourth-order valence-corrected chi connectivity index (χ4v) is 4.15. The molecule has 1 aliphatic heterocycles. The molecule has 0 saturated carbocycles. The first-order valence-electron chi connectivity index (χ1n) is 10.9. The standard InChI is InChI=1S/C25H33N3O2/c1-4-9-22(21-12-6-5-7-13-21)25(30)28-16-14-27(15-17-28)18-23(29)26-24-19(2)10-8-11-20(24)3/h5-8,10-13,22H,4,9,14-18H2,1-3H3,(H,26,29). The molecule has 2 aromatic rings. The lowest BCUT2D eigenvalue weighted by molar-refractivity contribution is -0.135. The third-order valence-corrected chi connectivity index (χ3v) is 5.87. The second kappa shape index (κ2) is 10.4. The smallest absolute Gasteiger partial charge is 0.238 e. The Labute approximate surface area is 180 Å². The highest BCUT2D eigenvalue weighted by Gasteiger charge is 2.28. The van der Waals surface area contributed by atoms with Crippen LogP contribution in [0.5, 0.6) is 0 Å². The van der Waals surface area contributed by atoms with Crippen molar-refractivity contribution >= 4 is 17.5 Å². The molecule has 0 aliphatic carbocycles. The van der Waals surface area contributed by atoms with Gasteiger partial charge in [-0.2, -0.15) is 0 Å². The van der Waals surface area contributed by atoms with Crippen molar-refractivity contribution in [3.8, 4) is 0 Å². The van der Waals surface area contributed by atoms with Crippen LogP contribution in [0.15, 0.2) is 48.5 Å². The number of hydrogen-bond donors (Lipinski definition) is 1. The summed E-state index contributed by atoms with van der Waals surface area (Å²) in [5.41, 5.74) is 4.14. The molecule has 5 heteroatoms. The molecule has 0 spiro atoms. The first-order chi connectivity index (χ1) is 14.5. The quantitative estimate of drug-likeness (QED) is 0.756. The van der Waals surface area contributed by atoms with Crippen LogP contribution in [0, 0.1) is 13.8 Å². The van der Waals surface area contributed by atoms with Gasteiger partial charge in [-0.15, -0.1) is 0 Å². The average molecular weight is 408 g/mol. The van der Waals surface area contributed by atoms with Gasteiger partial charge in [-0.3, -0.25) is 14.5 Å². The molecule has 2 amide bonds. The maximum Gasteiger partial charge on any atom is 0.238 e. The number of amides is 2. The van der Waals surface area contributed by atoms with Crippen molar-refractivity contribution in [3.63, 3.8) is 0 Å². The van der Waals surface area contributed by atoms with Gasteiger partial charge in [0.2, 0.25) is 11.8 Å². The highest BCUT2D eigenvalue weighted by molar-refractivity contribution is 5.93. The SMILES string of the molecule is CCCC(C(=O)N1CCN(CC(=O)Nc2c(C)cccc2C)CC1)c1ccccc1. The Bertz CT molecular complexity index is 838. The molecule has 1 atom stereocenters. The molecular weight excluding hydrogens is 374 g/mol. The van der Waals surface area contributed by atoms with E-state index >= 15 is 0 Å². The van der Waals surface area contributed by atoms with Gasteiger partial charge in [0.05, 0.1) is 12.5 Å². The van der Waals surface area contributed by atoms with Crippen LogP contribution in [0.25, 0.3) is 0 Å². The molecule has 3 rings (SSSR count). The van der Waals surface area contributed by atoms with Gasteiger partial charge in [0.15, 0.2) is 0 Å². The van der Waals surface area contributed by atoms with Crippen LogP contribution < -0.4 is 5.32 Å². The third kappa shape index (κ3) is 5.48. The summed E-state index contributed by atoms with van der Waals surface area (Å²) in [7, 11) is 0. The predicted octanol–water partition coefficient (Wildman–Crippen LogP) is 3.97. The van der Waals surface area contributed by atoms with Crippen molar-refractivity contribution in [2.45, 2.75) is 39.5 Å². The minimum Gasteiger partial charge on any atom is -0.340 e. The maximum atomic E-state index is 13.2. The van der Waals surface area contributed by atoms with E-state index in [1.165, 1.54) is 0 Å². The summed E-state index contributed by atoms with van der Waals surface area (Å²) in [6.07, 6.45) is 1.84. The van der Waals surface area contributed by atoms with Crippen molar-refractivity contribution in [2.75, 3.05) is 38.0 Å². The summed E-state index contributed by atoms with van der Waals surface area (Å²) in [4.78, 5) is 29.8. The van der Waals surface area contributed by atoms with Crippen LogP contribution in [-0.2, 0) is 9.59 Å². The van der Waals surface area contributed by atoms with Gasteiger partial charge in [-0.1, -0.05) is 61.9 Å². The average Bonchev–Trinajstić information content (AvgIpc) is 2.75. The van der Waals surface area contributed by atoms with E-state index in [0.29, 0.717) is 19.6 Å². The lowest BCUT2D eigenvalue weighted by atomic mass is 9.93. The van der Waals surface area contributed by atoms with Crippen LogP contribution in [0.4, 0.5) is 5.69 Å². The normalized spacial score (nSPS) is 15.6. The van der Waals surface area contributed by atoms with E-state index in [4.69, 9.17) is 0 Å². The number of carbonyl (C=O) groups is 2. The number of aryl methyl sites for hydroxylation is 2. The van der Waals surface area contributed by atoms with E-state index < -0.39 is 0 Å². The molecule has 1 aliphatic rings. The first-order valence-corrected chi connectivity index (χ1v) is 10.9. The molecular formula is C25H33N3O2. The first kappa shape index (κ1) is 22.0. The molecule has 30 heavy (non-hydrogen) atoms. The fourth-order valence-electron chi connectivity index (χ4n) is 4.15. The van der Waals surface area contributed by atoms with Crippen molar-refractivity contribution in [1.29, 1.82) is 0 Å². The monoisotopic (exact) mass is 407 g/mol. The fraction of sp³-hybridized carbons (Fsp3) is 0.440. The van der Waals surface area contributed by atoms with Crippen LogP contribution in [-0.4, -0.2) is 54.3 Å². The van der Waals surface area contributed by atoms with Crippen LogP contribution in [0.3, 0.4) is 0 Å². The molecule has 0 aromatic heterocycles. The number of rotatable bonds is 7. The van der Waals surface area contributed by atoms with E-state index in [-0.39, 0.29) is 17.7 Å². The second-order valence-corrected chi connectivity index (χ2v) is 8.17. The molecule has 160 valence electrons. The number of nitrogens with zero attached hydrogens (tertiary/aromatic N) is 2. The highest BCUT2D eigenvalue weighted by atomic mass is 16.2. The van der Waals surface area contributed by atoms with E-state index in [0.717, 1.165) is 48.3 Å². The van der Waals surface area contributed by atoms with Crippen molar-refractivity contribution in [3.05, 3.63) is 65.2 Å². The van der Waals surface area contributed by atoms with Gasteiger partial charge >= 0.3 is 0 Å². The van der Waals surface area contributed by atoms with Gasteiger partial charge in [-0.05, 0) is 37.0 Å². The zero-order chi connectivity index (χ0) is 21.5. The molecule has 5 nitrogen and oxygen atoms in total. The number of hydrogen-bond acceptors (Lipinski definition) is 3. The summed E-state index contributed by atoms with van der Waals surface area (Å²) >= 11 is 0. The van der Waals surface area contributed by atoms with Crippen LogP contribution >= 0.6 is 0 Å². The zero-order valence-corrected chi connectivity index (χ0v) is 18.4. The summed E-state index contributed by atoms with van der Waals surface area (Å²) < 4.78 is 0. The van der Waals surface area contributed by atoms with Gasteiger partial charge in [0.1, 0.15) is 0 Å². The van der Waals surface area contributed by atoms with Crippen molar-refractivity contribution in [2.24, 2.45) is 0 Å². The van der Waals surface area contributed by atoms with Crippen molar-refractivity contribution < 1.29 is 9.59 Å². The van der Waals surface area contributed by atoms with Crippen LogP contribution in [0.1, 0.15) is 42.4 Å². The van der Waals surface area contributed by atoms with Crippen LogP contribution in [0.2, 0.25) is 0 Å². The summed E-state index contributed by atoms with van der Waals surface area (Å²) in [6.45, 7) is 9.27. The Hall–Kier alpha value is -2.66. The molecule has 2 aromatic carbocycles. The number of nitrogens with one attached hydrogen (secondary N) is 1. The van der Waals surface area contributed by atoms with Crippen molar-refractivity contribution in [1.82, 2.24) is 9.80 Å². The summed E-state index contributed by atoms with van der Waals surface area (Å²) in [6, 6.07) is 16.1. The Morgan fingerprint density at radius 3 is 2.17 bits per heavy atom. The summed E-state index contributed by atoms with van der Waals surface area (Å²) in [5.74, 6) is 0.137. The maximum absolute atomic E-state index is 13.2. The Balaban J connectivity index is 1.54. The number of para-hydroxylation sites is 1. The Morgan fingerprint density at radius 1 is 0.933 bits per heavy atom. The zero-order valence-electron chi connectivity index (χ0n) is 18.4. The molecule has 1 fully saturated rings. The minimum atomic E-state index is -0.0740. The Kier molecular flexibility index (Phi) is 7.63. The molecule has 1 heterocycles. The number of anilines is 1. The highest BCUT2D eigenvalue weighted by Crippen LogP contribution is 2.24. The van der Waals surface area contributed by atoms with Gasteiger partial charge in [0.25, 0.3) is 0 Å². The van der Waals surface area contributed by atoms with Gasteiger partial charge < -0.3 is 10.2 Å². The summed E-state index contributed by atoms with van der Waals surface area (Å²) in [5, 5.41) is 3.06. The predicted molar refractivity (Wildman–Crippen MR) is 122 cm³/mol. The van der Waals surface area contributed by atoms with E-state index in [9.17, 15) is 9.59 Å². The molecule has 1 N–H and O–H groups in total. The number of carbonyl (C=O) groups excluding carboxylic acids is 2. The molecule has 1 unspecified atom stereocenters. The molecule has 1 saturated heterocycles. The topological polar surface area (TPSA) is 52.7 Å². The van der Waals surface area contributed by atoms with E-state index in [2.05, 4.69) is 17.1 Å². The third-order valence-electron chi connectivity index (χ3n) is 5.87. The van der Waals surface area contributed by atoms with Gasteiger partial charge in [-0.25, -0.2) is 0 Å². The van der Waals surface area contributed by atoms with E-state index in [1.807, 2.05) is 67.3 Å². The number of benzene rings is 2. The van der Waals surface area contributed by atoms with Gasteiger partial charge in [0, 0.05) is 31.9 Å². The molecule has 0 bridgehead atoms. The minimum absolute atomic E-state index is 0.000298. The lowest BCUT2D eigenvalue weighted by Gasteiger charge is -2.36. The molecule has 0 radical (unpaired) electrons. The Morgan fingerprint density at radius 2 is 1.57 bits per heavy atom. The number of piperazine rings is 1. The second-order valence-electron chi connectivity index (χ2n) is 8.17.